The molecule has 0 radical (unpaired) electrons. The van der Waals surface area contributed by atoms with Gasteiger partial charge in [0.05, 0.1) is 5.25 Å². The standard InChI is InChI=1S/C15H16F2N2S/c1-2-14(18)15(10-4-3-7-19-9-10)20-11-5-6-12(16)13(17)8-11/h3-9,14-15H,2,18H2,1H3. The fourth-order valence-corrected chi connectivity index (χ4v) is 3.11. The molecule has 0 aliphatic rings. The second-order valence-electron chi connectivity index (χ2n) is 4.47. The molecule has 2 aromatic rings. The monoisotopic (exact) mass is 294 g/mol. The number of hydrogen-bond acceptors (Lipinski definition) is 3. The second kappa shape index (κ2) is 6.81. The predicted molar refractivity (Wildman–Crippen MR) is 77.5 cm³/mol. The van der Waals surface area contributed by atoms with E-state index in [0.717, 1.165) is 18.1 Å². The van der Waals surface area contributed by atoms with Crippen molar-refractivity contribution in [1.82, 2.24) is 4.98 Å². The normalized spacial score (nSPS) is 14.0. The summed E-state index contributed by atoms with van der Waals surface area (Å²) in [6.07, 6.45) is 4.24. The molecule has 0 spiro atoms. The lowest BCUT2D eigenvalue weighted by atomic mass is 10.1. The molecule has 0 aliphatic carbocycles. The smallest absolute Gasteiger partial charge is 0.159 e. The molecule has 1 aromatic carbocycles. The van der Waals surface area contributed by atoms with Crippen LogP contribution in [-0.4, -0.2) is 11.0 Å². The van der Waals surface area contributed by atoms with Gasteiger partial charge in [-0.15, -0.1) is 11.8 Å². The van der Waals surface area contributed by atoms with Gasteiger partial charge >= 0.3 is 0 Å². The molecule has 0 fully saturated rings. The van der Waals surface area contributed by atoms with Crippen LogP contribution in [0.4, 0.5) is 8.78 Å². The average molecular weight is 294 g/mol. The van der Waals surface area contributed by atoms with Crippen LogP contribution in [-0.2, 0) is 0 Å². The van der Waals surface area contributed by atoms with Crippen molar-refractivity contribution in [3.8, 4) is 0 Å². The van der Waals surface area contributed by atoms with Gasteiger partial charge in [-0.1, -0.05) is 13.0 Å². The van der Waals surface area contributed by atoms with Crippen molar-refractivity contribution in [2.45, 2.75) is 29.5 Å². The number of benzene rings is 1. The van der Waals surface area contributed by atoms with E-state index in [-0.39, 0.29) is 11.3 Å². The summed E-state index contributed by atoms with van der Waals surface area (Å²) < 4.78 is 26.2. The summed E-state index contributed by atoms with van der Waals surface area (Å²) in [5, 5.41) is -0.0430. The van der Waals surface area contributed by atoms with Crippen LogP contribution < -0.4 is 5.73 Å². The summed E-state index contributed by atoms with van der Waals surface area (Å²) in [6.45, 7) is 2.00. The summed E-state index contributed by atoms with van der Waals surface area (Å²) in [5.41, 5.74) is 7.13. The lowest BCUT2D eigenvalue weighted by Crippen LogP contribution is -2.25. The Labute approximate surface area is 121 Å². The summed E-state index contributed by atoms with van der Waals surface area (Å²) in [7, 11) is 0. The molecule has 0 saturated carbocycles. The van der Waals surface area contributed by atoms with Crippen molar-refractivity contribution < 1.29 is 8.78 Å². The molecule has 2 N–H and O–H groups in total. The third-order valence-electron chi connectivity index (χ3n) is 3.03. The van der Waals surface area contributed by atoms with Crippen LogP contribution in [0.3, 0.4) is 0 Å². The van der Waals surface area contributed by atoms with Gasteiger partial charge < -0.3 is 5.73 Å². The Hall–Kier alpha value is -1.46. The van der Waals surface area contributed by atoms with Crippen LogP contribution in [0.25, 0.3) is 0 Å². The molecular weight excluding hydrogens is 278 g/mol. The van der Waals surface area contributed by atoms with Gasteiger partial charge in [-0.25, -0.2) is 8.78 Å². The minimum Gasteiger partial charge on any atom is -0.326 e. The number of nitrogens with zero attached hydrogens (tertiary/aromatic N) is 1. The number of hydrogen-bond donors (Lipinski definition) is 1. The Bertz CT molecular complexity index is 563. The van der Waals surface area contributed by atoms with E-state index < -0.39 is 11.6 Å². The molecule has 2 nitrogen and oxygen atoms in total. The van der Waals surface area contributed by atoms with Crippen LogP contribution in [0.5, 0.6) is 0 Å². The highest BCUT2D eigenvalue weighted by atomic mass is 32.2. The quantitative estimate of drug-likeness (QED) is 0.849. The van der Waals surface area contributed by atoms with Gasteiger partial charge in [0.2, 0.25) is 0 Å². The maximum absolute atomic E-state index is 13.3. The first-order valence-corrected chi connectivity index (χ1v) is 7.27. The Balaban J connectivity index is 2.26. The fourth-order valence-electron chi connectivity index (χ4n) is 1.86. The van der Waals surface area contributed by atoms with E-state index in [1.165, 1.54) is 17.8 Å². The Kier molecular flexibility index (Phi) is 5.09. The molecular formula is C15H16F2N2S. The van der Waals surface area contributed by atoms with Crippen LogP contribution in [0, 0.1) is 11.6 Å². The number of nitrogens with two attached hydrogens (primary N) is 1. The number of pyridine rings is 1. The lowest BCUT2D eigenvalue weighted by molar-refractivity contribution is 0.505. The average Bonchev–Trinajstić information content (AvgIpc) is 2.48. The van der Waals surface area contributed by atoms with Crippen molar-refractivity contribution in [1.29, 1.82) is 0 Å². The Morgan fingerprint density at radius 3 is 2.65 bits per heavy atom. The van der Waals surface area contributed by atoms with Gasteiger partial charge in [0.1, 0.15) is 0 Å². The molecule has 0 aliphatic heterocycles. The van der Waals surface area contributed by atoms with E-state index in [9.17, 15) is 8.78 Å². The van der Waals surface area contributed by atoms with Crippen LogP contribution >= 0.6 is 11.8 Å². The van der Waals surface area contributed by atoms with Gasteiger partial charge in [-0.3, -0.25) is 4.98 Å². The van der Waals surface area contributed by atoms with Gasteiger partial charge in [0, 0.05) is 23.3 Å². The zero-order chi connectivity index (χ0) is 14.5. The third-order valence-corrected chi connectivity index (χ3v) is 4.43. The van der Waals surface area contributed by atoms with E-state index in [1.54, 1.807) is 18.5 Å². The Morgan fingerprint density at radius 2 is 2.05 bits per heavy atom. The Morgan fingerprint density at radius 1 is 1.25 bits per heavy atom. The third kappa shape index (κ3) is 3.55. The zero-order valence-electron chi connectivity index (χ0n) is 11.1. The minimum atomic E-state index is -0.843. The number of halogens is 2. The first-order chi connectivity index (χ1) is 9.61. The van der Waals surface area contributed by atoms with Crippen molar-refractivity contribution in [2.24, 2.45) is 5.73 Å². The van der Waals surface area contributed by atoms with Crippen molar-refractivity contribution in [2.75, 3.05) is 0 Å². The van der Waals surface area contributed by atoms with E-state index in [0.29, 0.717) is 4.90 Å². The largest absolute Gasteiger partial charge is 0.326 e. The van der Waals surface area contributed by atoms with Crippen LogP contribution in [0.15, 0.2) is 47.6 Å². The highest BCUT2D eigenvalue weighted by molar-refractivity contribution is 7.99. The van der Waals surface area contributed by atoms with Gasteiger partial charge in [0.25, 0.3) is 0 Å². The molecule has 1 aromatic heterocycles. The molecule has 2 atom stereocenters. The fraction of sp³-hybridized carbons (Fsp3) is 0.267. The van der Waals surface area contributed by atoms with E-state index >= 15 is 0 Å². The van der Waals surface area contributed by atoms with E-state index in [4.69, 9.17) is 5.73 Å². The van der Waals surface area contributed by atoms with Gasteiger partial charge in [-0.2, -0.15) is 0 Å². The number of aromatic nitrogens is 1. The molecule has 20 heavy (non-hydrogen) atoms. The number of rotatable bonds is 5. The SMILES string of the molecule is CCC(N)C(Sc1ccc(F)c(F)c1)c1cccnc1. The molecule has 0 amide bonds. The van der Waals surface area contributed by atoms with Gasteiger partial charge in [-0.05, 0) is 36.2 Å². The van der Waals surface area contributed by atoms with Crippen molar-refractivity contribution >= 4 is 11.8 Å². The van der Waals surface area contributed by atoms with Gasteiger partial charge in [0.15, 0.2) is 11.6 Å². The molecule has 106 valence electrons. The highest BCUT2D eigenvalue weighted by Crippen LogP contribution is 2.38. The van der Waals surface area contributed by atoms with Crippen molar-refractivity contribution in [3.05, 3.63) is 59.9 Å². The first-order valence-electron chi connectivity index (χ1n) is 6.39. The molecule has 2 unspecified atom stereocenters. The molecule has 0 bridgehead atoms. The first kappa shape index (κ1) is 14.9. The summed E-state index contributed by atoms with van der Waals surface area (Å²) in [4.78, 5) is 4.75. The highest BCUT2D eigenvalue weighted by Gasteiger charge is 2.20. The summed E-state index contributed by atoms with van der Waals surface area (Å²) in [6, 6.07) is 7.60. The minimum absolute atomic E-state index is 0.0430. The summed E-state index contributed by atoms with van der Waals surface area (Å²) >= 11 is 1.43. The van der Waals surface area contributed by atoms with E-state index in [1.807, 2.05) is 19.1 Å². The van der Waals surface area contributed by atoms with E-state index in [2.05, 4.69) is 4.98 Å². The maximum Gasteiger partial charge on any atom is 0.159 e. The number of thioether (sulfide) groups is 1. The van der Waals surface area contributed by atoms with Crippen LogP contribution in [0.2, 0.25) is 0 Å². The zero-order valence-corrected chi connectivity index (χ0v) is 11.9. The summed E-state index contributed by atoms with van der Waals surface area (Å²) in [5.74, 6) is -1.68. The maximum atomic E-state index is 13.3. The second-order valence-corrected chi connectivity index (χ2v) is 5.69. The predicted octanol–water partition coefficient (Wildman–Crippen LogP) is 3.93. The molecule has 1 heterocycles. The van der Waals surface area contributed by atoms with Crippen molar-refractivity contribution in [3.63, 3.8) is 0 Å². The lowest BCUT2D eigenvalue weighted by Gasteiger charge is -2.22. The topological polar surface area (TPSA) is 38.9 Å². The molecule has 0 saturated heterocycles. The van der Waals surface area contributed by atoms with Crippen LogP contribution in [0.1, 0.15) is 24.2 Å². The molecule has 5 heteroatoms. The molecule has 2 rings (SSSR count).